The lowest BCUT2D eigenvalue weighted by Gasteiger charge is -2.35. The minimum Gasteiger partial charge on any atom is -0.372 e. The molecule has 0 amide bonds. The highest BCUT2D eigenvalue weighted by molar-refractivity contribution is 8.00. The average molecular weight is 332 g/mol. The normalized spacial score (nSPS) is 16.8. The first-order valence-electron chi connectivity index (χ1n) is 8.32. The Kier molecular flexibility index (Phi) is 4.42. The fourth-order valence-corrected chi connectivity index (χ4v) is 4.69. The van der Waals surface area contributed by atoms with Crippen LogP contribution in [-0.2, 0) is 9.48 Å². The van der Waals surface area contributed by atoms with E-state index in [-0.39, 0.29) is 4.75 Å². The summed E-state index contributed by atoms with van der Waals surface area (Å²) in [5.41, 5.74) is 3.94. The second-order valence-electron chi connectivity index (χ2n) is 6.05. The molecule has 4 rings (SSSR count). The maximum Gasteiger partial charge on any atom is 0.0907 e. The van der Waals surface area contributed by atoms with Crippen LogP contribution in [0.2, 0.25) is 0 Å². The van der Waals surface area contributed by atoms with Gasteiger partial charge in [-0.3, -0.25) is 0 Å². The first kappa shape index (κ1) is 15.5. The molecule has 0 N–H and O–H groups in total. The molecule has 120 valence electrons. The molecule has 1 aliphatic heterocycles. The van der Waals surface area contributed by atoms with Crippen molar-refractivity contribution >= 4 is 11.8 Å². The number of hydrogen-bond donors (Lipinski definition) is 0. The van der Waals surface area contributed by atoms with Gasteiger partial charge in [0.25, 0.3) is 0 Å². The highest BCUT2D eigenvalue weighted by Gasteiger charge is 2.38. The van der Waals surface area contributed by atoms with Crippen molar-refractivity contribution in [1.29, 1.82) is 0 Å². The molecular weight excluding hydrogens is 312 g/mol. The summed E-state index contributed by atoms with van der Waals surface area (Å²) in [6, 6.07) is 32.4. The molecule has 3 aromatic rings. The van der Waals surface area contributed by atoms with Crippen LogP contribution in [0, 0.1) is 0 Å². The first-order valence-corrected chi connectivity index (χ1v) is 9.30. The molecule has 1 atom stereocenters. The van der Waals surface area contributed by atoms with Gasteiger partial charge in [0.05, 0.1) is 17.5 Å². The van der Waals surface area contributed by atoms with Crippen LogP contribution in [0.1, 0.15) is 16.7 Å². The second-order valence-corrected chi connectivity index (χ2v) is 7.28. The molecular formula is C22H20OS. The molecule has 24 heavy (non-hydrogen) atoms. The van der Waals surface area contributed by atoms with Gasteiger partial charge in [0.2, 0.25) is 0 Å². The Hall–Kier alpha value is -2.03. The summed E-state index contributed by atoms with van der Waals surface area (Å²) in [5.74, 6) is 0.999. The lowest BCUT2D eigenvalue weighted by Crippen LogP contribution is -2.26. The SMILES string of the molecule is c1ccc(C(SCC2CO2)(c2ccccc2)c2ccccc2)cc1. The zero-order valence-corrected chi connectivity index (χ0v) is 14.3. The van der Waals surface area contributed by atoms with E-state index in [9.17, 15) is 0 Å². The van der Waals surface area contributed by atoms with Crippen LogP contribution in [0.4, 0.5) is 0 Å². The van der Waals surface area contributed by atoms with E-state index in [4.69, 9.17) is 4.74 Å². The Bertz CT molecular complexity index is 670. The van der Waals surface area contributed by atoms with Crippen molar-refractivity contribution in [3.8, 4) is 0 Å². The minimum atomic E-state index is -0.213. The molecule has 1 nitrogen and oxygen atoms in total. The molecule has 0 bridgehead atoms. The third-order valence-corrected chi connectivity index (χ3v) is 6.11. The third-order valence-electron chi connectivity index (χ3n) is 4.43. The van der Waals surface area contributed by atoms with Gasteiger partial charge in [-0.2, -0.15) is 0 Å². The molecule has 1 aliphatic rings. The van der Waals surface area contributed by atoms with Crippen LogP contribution in [0.15, 0.2) is 91.0 Å². The first-order chi connectivity index (χ1) is 11.9. The monoisotopic (exact) mass is 332 g/mol. The van der Waals surface area contributed by atoms with Crippen molar-refractivity contribution in [3.63, 3.8) is 0 Å². The van der Waals surface area contributed by atoms with Gasteiger partial charge in [-0.25, -0.2) is 0 Å². The van der Waals surface area contributed by atoms with Gasteiger partial charge in [-0.15, -0.1) is 11.8 Å². The summed E-state index contributed by atoms with van der Waals surface area (Å²) in [6.07, 6.45) is 0.394. The zero-order chi connectivity index (χ0) is 16.2. The predicted octanol–water partition coefficient (Wildman–Crippen LogP) is 5.11. The van der Waals surface area contributed by atoms with Crippen molar-refractivity contribution in [3.05, 3.63) is 108 Å². The molecule has 1 saturated heterocycles. The Balaban J connectivity index is 1.91. The lowest BCUT2D eigenvalue weighted by molar-refractivity contribution is 0.426. The largest absolute Gasteiger partial charge is 0.372 e. The molecule has 0 saturated carbocycles. The van der Waals surface area contributed by atoms with Crippen molar-refractivity contribution in [1.82, 2.24) is 0 Å². The topological polar surface area (TPSA) is 12.5 Å². The number of hydrogen-bond acceptors (Lipinski definition) is 2. The van der Waals surface area contributed by atoms with E-state index in [1.165, 1.54) is 16.7 Å². The second kappa shape index (κ2) is 6.84. The van der Waals surface area contributed by atoms with Crippen molar-refractivity contribution in [2.45, 2.75) is 10.9 Å². The molecule has 1 unspecified atom stereocenters. The van der Waals surface area contributed by atoms with E-state index in [1.54, 1.807) is 0 Å². The molecule has 1 heterocycles. The van der Waals surface area contributed by atoms with Crippen molar-refractivity contribution in [2.24, 2.45) is 0 Å². The molecule has 2 heteroatoms. The van der Waals surface area contributed by atoms with Crippen LogP contribution < -0.4 is 0 Å². The summed E-state index contributed by atoms with van der Waals surface area (Å²) in [4.78, 5) is 0. The molecule has 0 spiro atoms. The Morgan fingerprint density at radius 3 is 1.42 bits per heavy atom. The van der Waals surface area contributed by atoms with E-state index in [2.05, 4.69) is 91.0 Å². The fraction of sp³-hybridized carbons (Fsp3) is 0.182. The molecule has 0 radical (unpaired) electrons. The third kappa shape index (κ3) is 3.00. The van der Waals surface area contributed by atoms with Gasteiger partial charge < -0.3 is 4.74 Å². The van der Waals surface area contributed by atoms with Gasteiger partial charge in [-0.05, 0) is 16.7 Å². The summed E-state index contributed by atoms with van der Waals surface area (Å²) in [5, 5.41) is 0. The van der Waals surface area contributed by atoms with E-state index in [0.29, 0.717) is 6.10 Å². The molecule has 3 aromatic carbocycles. The Labute approximate surface area is 147 Å². The Morgan fingerprint density at radius 2 is 1.08 bits per heavy atom. The van der Waals surface area contributed by atoms with Crippen LogP contribution in [0.25, 0.3) is 0 Å². The summed E-state index contributed by atoms with van der Waals surface area (Å²) >= 11 is 1.97. The van der Waals surface area contributed by atoms with E-state index in [1.807, 2.05) is 11.8 Å². The van der Waals surface area contributed by atoms with Gasteiger partial charge in [0, 0.05) is 5.75 Å². The van der Waals surface area contributed by atoms with Crippen molar-refractivity contribution in [2.75, 3.05) is 12.4 Å². The average Bonchev–Trinajstić information content (AvgIpc) is 3.50. The smallest absolute Gasteiger partial charge is 0.0907 e. The molecule has 0 aliphatic carbocycles. The van der Waals surface area contributed by atoms with Gasteiger partial charge >= 0.3 is 0 Å². The van der Waals surface area contributed by atoms with Gasteiger partial charge in [-0.1, -0.05) is 91.0 Å². The zero-order valence-electron chi connectivity index (χ0n) is 13.5. The van der Waals surface area contributed by atoms with E-state index < -0.39 is 0 Å². The van der Waals surface area contributed by atoms with Crippen LogP contribution in [0.5, 0.6) is 0 Å². The van der Waals surface area contributed by atoms with Crippen molar-refractivity contribution < 1.29 is 4.74 Å². The standard InChI is InChI=1S/C22H20OS/c1-4-10-18(11-5-1)22(24-17-21-16-23-21,19-12-6-2-7-13-19)20-14-8-3-9-15-20/h1-15,21H,16-17H2. The van der Waals surface area contributed by atoms with E-state index in [0.717, 1.165) is 12.4 Å². The predicted molar refractivity (Wildman–Crippen MR) is 101 cm³/mol. The van der Waals surface area contributed by atoms with Crippen LogP contribution >= 0.6 is 11.8 Å². The minimum absolute atomic E-state index is 0.213. The fourth-order valence-electron chi connectivity index (χ4n) is 3.15. The number of thioether (sulfide) groups is 1. The lowest BCUT2D eigenvalue weighted by atomic mass is 9.84. The number of rotatable bonds is 6. The van der Waals surface area contributed by atoms with Crippen LogP contribution in [-0.4, -0.2) is 18.5 Å². The maximum atomic E-state index is 5.49. The maximum absolute atomic E-state index is 5.49. The summed E-state index contributed by atoms with van der Waals surface area (Å²) in [7, 11) is 0. The molecule has 1 fully saturated rings. The van der Waals surface area contributed by atoms with Gasteiger partial charge in [0.15, 0.2) is 0 Å². The number of epoxide rings is 1. The van der Waals surface area contributed by atoms with Gasteiger partial charge in [0.1, 0.15) is 0 Å². The molecule has 0 aromatic heterocycles. The van der Waals surface area contributed by atoms with E-state index >= 15 is 0 Å². The summed E-state index contributed by atoms with van der Waals surface area (Å²) < 4.78 is 5.28. The Morgan fingerprint density at radius 1 is 0.708 bits per heavy atom. The quantitative estimate of drug-likeness (QED) is 0.459. The number of ether oxygens (including phenoxy) is 1. The summed E-state index contributed by atoms with van der Waals surface area (Å²) in [6.45, 7) is 0.890. The van der Waals surface area contributed by atoms with Crippen LogP contribution in [0.3, 0.4) is 0 Å². The highest BCUT2D eigenvalue weighted by Crippen LogP contribution is 2.49. The highest BCUT2D eigenvalue weighted by atomic mass is 32.2. The number of benzene rings is 3.